The van der Waals surface area contributed by atoms with Crippen LogP contribution in [0.2, 0.25) is 0 Å². The average Bonchev–Trinajstić information content (AvgIpc) is 3.12. The zero-order valence-electron chi connectivity index (χ0n) is 12.8. The molecule has 1 unspecified atom stereocenters. The largest absolute Gasteiger partial charge is 0.323 e. The van der Waals surface area contributed by atoms with E-state index < -0.39 is 0 Å². The molecule has 0 aliphatic carbocycles. The van der Waals surface area contributed by atoms with Crippen molar-refractivity contribution in [2.75, 3.05) is 18.4 Å². The van der Waals surface area contributed by atoms with Gasteiger partial charge in [0.2, 0.25) is 5.91 Å². The third kappa shape index (κ3) is 3.15. The van der Waals surface area contributed by atoms with Crippen LogP contribution in [0.15, 0.2) is 30.3 Å². The van der Waals surface area contributed by atoms with Crippen LogP contribution >= 0.6 is 12.4 Å². The van der Waals surface area contributed by atoms with Crippen LogP contribution < -0.4 is 10.6 Å². The van der Waals surface area contributed by atoms with E-state index in [9.17, 15) is 4.79 Å². The number of nitrogens with zero attached hydrogens (tertiary/aromatic N) is 2. The Kier molecular flexibility index (Phi) is 5.21. The predicted molar refractivity (Wildman–Crippen MR) is 89.9 cm³/mol. The van der Waals surface area contributed by atoms with Gasteiger partial charge in [-0.25, -0.2) is 4.68 Å². The summed E-state index contributed by atoms with van der Waals surface area (Å²) in [5.74, 6) is 0.141. The fraction of sp³-hybridized carbons (Fsp3) is 0.375. The Balaban J connectivity index is 0.00000176. The molecule has 1 fully saturated rings. The van der Waals surface area contributed by atoms with Crippen molar-refractivity contribution in [3.8, 4) is 5.69 Å². The molecule has 22 heavy (non-hydrogen) atoms. The molecule has 1 aliphatic rings. The molecule has 6 heteroatoms. The van der Waals surface area contributed by atoms with E-state index in [0.29, 0.717) is 0 Å². The maximum atomic E-state index is 12.3. The van der Waals surface area contributed by atoms with Crippen LogP contribution in [0.1, 0.15) is 17.8 Å². The minimum Gasteiger partial charge on any atom is -0.323 e. The van der Waals surface area contributed by atoms with Gasteiger partial charge in [0.15, 0.2) is 0 Å². The van der Waals surface area contributed by atoms with Gasteiger partial charge in [-0.15, -0.1) is 12.4 Å². The number of amides is 1. The maximum absolute atomic E-state index is 12.3. The summed E-state index contributed by atoms with van der Waals surface area (Å²) in [7, 11) is 0. The lowest BCUT2D eigenvalue weighted by molar-refractivity contribution is -0.119. The number of hydrogen-bond acceptors (Lipinski definition) is 3. The monoisotopic (exact) mass is 320 g/mol. The molecule has 2 heterocycles. The van der Waals surface area contributed by atoms with Crippen LogP contribution in [0, 0.1) is 19.8 Å². The second-order valence-electron chi connectivity index (χ2n) is 5.47. The molecule has 2 aromatic rings. The summed E-state index contributed by atoms with van der Waals surface area (Å²) in [6, 6.07) is 9.95. The van der Waals surface area contributed by atoms with Gasteiger partial charge in [-0.3, -0.25) is 4.79 Å². The Bertz CT molecular complexity index is 648. The van der Waals surface area contributed by atoms with Gasteiger partial charge in [0.25, 0.3) is 0 Å². The quantitative estimate of drug-likeness (QED) is 0.913. The van der Waals surface area contributed by atoms with Crippen LogP contribution in [0.5, 0.6) is 0 Å². The number of rotatable bonds is 3. The van der Waals surface area contributed by atoms with E-state index in [1.165, 1.54) is 0 Å². The van der Waals surface area contributed by atoms with Crippen molar-refractivity contribution in [1.29, 1.82) is 0 Å². The average molecular weight is 321 g/mol. The normalized spacial score (nSPS) is 17.1. The minimum atomic E-state index is 0. The van der Waals surface area contributed by atoms with Crippen molar-refractivity contribution in [1.82, 2.24) is 15.1 Å². The molecule has 0 radical (unpaired) electrons. The Morgan fingerprint density at radius 3 is 2.68 bits per heavy atom. The van der Waals surface area contributed by atoms with Gasteiger partial charge < -0.3 is 10.6 Å². The molecular formula is C16H21ClN4O. The lowest BCUT2D eigenvalue weighted by atomic mass is 10.1. The first-order valence-electron chi connectivity index (χ1n) is 7.30. The number of benzene rings is 1. The zero-order chi connectivity index (χ0) is 14.8. The highest BCUT2D eigenvalue weighted by Crippen LogP contribution is 2.24. The summed E-state index contributed by atoms with van der Waals surface area (Å²) in [4.78, 5) is 12.3. The van der Waals surface area contributed by atoms with Crippen LogP contribution in [0.25, 0.3) is 5.69 Å². The molecule has 1 aliphatic heterocycles. The SMILES string of the molecule is Cc1nn(-c2ccccc2)c(C)c1NC(=O)C1CCNC1.Cl. The number of para-hydroxylation sites is 1. The van der Waals surface area contributed by atoms with Gasteiger partial charge in [0, 0.05) is 6.54 Å². The zero-order valence-corrected chi connectivity index (χ0v) is 13.6. The molecule has 1 aromatic heterocycles. The lowest BCUT2D eigenvalue weighted by Gasteiger charge is -2.10. The van der Waals surface area contributed by atoms with Crippen molar-refractivity contribution < 1.29 is 4.79 Å². The summed E-state index contributed by atoms with van der Waals surface area (Å²) >= 11 is 0. The number of aromatic nitrogens is 2. The fourth-order valence-corrected chi connectivity index (χ4v) is 2.75. The Morgan fingerprint density at radius 2 is 2.05 bits per heavy atom. The van der Waals surface area contributed by atoms with E-state index >= 15 is 0 Å². The van der Waals surface area contributed by atoms with Crippen molar-refractivity contribution in [2.45, 2.75) is 20.3 Å². The van der Waals surface area contributed by atoms with Crippen LogP contribution in [0.3, 0.4) is 0 Å². The smallest absolute Gasteiger partial charge is 0.228 e. The van der Waals surface area contributed by atoms with Crippen molar-refractivity contribution in [3.05, 3.63) is 41.7 Å². The number of carbonyl (C=O) groups is 1. The number of aryl methyl sites for hydroxylation is 1. The number of hydrogen-bond donors (Lipinski definition) is 2. The third-order valence-corrected chi connectivity index (χ3v) is 3.97. The summed E-state index contributed by atoms with van der Waals surface area (Å²) in [6.45, 7) is 5.58. The van der Waals surface area contributed by atoms with E-state index in [0.717, 1.165) is 42.3 Å². The van der Waals surface area contributed by atoms with Gasteiger partial charge in [-0.2, -0.15) is 5.10 Å². The van der Waals surface area contributed by atoms with E-state index in [-0.39, 0.29) is 24.2 Å². The maximum Gasteiger partial charge on any atom is 0.228 e. The molecule has 1 amide bonds. The molecule has 118 valence electrons. The molecule has 1 aromatic carbocycles. The van der Waals surface area contributed by atoms with Gasteiger partial charge in [0.05, 0.1) is 28.7 Å². The van der Waals surface area contributed by atoms with Gasteiger partial charge >= 0.3 is 0 Å². The van der Waals surface area contributed by atoms with E-state index in [1.54, 1.807) is 0 Å². The highest BCUT2D eigenvalue weighted by molar-refractivity contribution is 5.94. The van der Waals surface area contributed by atoms with Crippen molar-refractivity contribution in [3.63, 3.8) is 0 Å². The highest BCUT2D eigenvalue weighted by atomic mass is 35.5. The summed E-state index contributed by atoms with van der Waals surface area (Å²) in [5, 5.41) is 10.8. The number of nitrogens with one attached hydrogen (secondary N) is 2. The minimum absolute atomic E-state index is 0. The molecule has 0 saturated carbocycles. The van der Waals surface area contributed by atoms with Gasteiger partial charge in [-0.05, 0) is 38.9 Å². The summed E-state index contributed by atoms with van der Waals surface area (Å²) in [5.41, 5.74) is 3.63. The van der Waals surface area contributed by atoms with E-state index in [1.807, 2.05) is 48.9 Å². The first kappa shape index (κ1) is 16.5. The second-order valence-corrected chi connectivity index (χ2v) is 5.47. The number of halogens is 1. The molecule has 1 atom stereocenters. The van der Waals surface area contributed by atoms with Crippen LogP contribution in [-0.2, 0) is 4.79 Å². The standard InChI is InChI=1S/C16H20N4O.ClH/c1-11-15(18-16(21)13-8-9-17-10-13)12(2)20(19-11)14-6-4-3-5-7-14;/h3-7,13,17H,8-10H2,1-2H3,(H,18,21);1H. The Hall–Kier alpha value is -1.85. The van der Waals surface area contributed by atoms with E-state index in [4.69, 9.17) is 0 Å². The predicted octanol–water partition coefficient (Wildman–Crippen LogP) is 2.46. The molecule has 0 bridgehead atoms. The fourth-order valence-electron chi connectivity index (χ4n) is 2.75. The van der Waals surface area contributed by atoms with Crippen molar-refractivity contribution >= 4 is 24.0 Å². The van der Waals surface area contributed by atoms with E-state index in [2.05, 4.69) is 15.7 Å². The molecular weight excluding hydrogens is 300 g/mol. The van der Waals surface area contributed by atoms with Crippen LogP contribution in [-0.4, -0.2) is 28.8 Å². The molecule has 3 rings (SSSR count). The van der Waals surface area contributed by atoms with Crippen LogP contribution in [0.4, 0.5) is 5.69 Å². The lowest BCUT2D eigenvalue weighted by Crippen LogP contribution is -2.25. The molecule has 2 N–H and O–H groups in total. The Labute approximate surface area is 136 Å². The Morgan fingerprint density at radius 1 is 1.32 bits per heavy atom. The first-order chi connectivity index (χ1) is 10.2. The summed E-state index contributed by atoms with van der Waals surface area (Å²) in [6.07, 6.45) is 0.900. The summed E-state index contributed by atoms with van der Waals surface area (Å²) < 4.78 is 1.87. The van der Waals surface area contributed by atoms with Gasteiger partial charge in [-0.1, -0.05) is 18.2 Å². The molecule has 0 spiro atoms. The number of carbonyl (C=O) groups excluding carboxylic acids is 1. The first-order valence-corrected chi connectivity index (χ1v) is 7.30. The third-order valence-electron chi connectivity index (χ3n) is 3.97. The number of anilines is 1. The molecule has 1 saturated heterocycles. The highest BCUT2D eigenvalue weighted by Gasteiger charge is 2.24. The van der Waals surface area contributed by atoms with Gasteiger partial charge in [0.1, 0.15) is 0 Å². The molecule has 5 nitrogen and oxygen atoms in total. The topological polar surface area (TPSA) is 59.0 Å². The van der Waals surface area contributed by atoms with Crippen molar-refractivity contribution in [2.24, 2.45) is 5.92 Å². The second kappa shape index (κ2) is 6.94.